The molecule has 2 rings (SSSR count). The van der Waals surface area contributed by atoms with Crippen LogP contribution in [0, 0.1) is 5.82 Å². The van der Waals surface area contributed by atoms with E-state index in [9.17, 15) is 9.50 Å². The number of rotatable bonds is 3. The SMILES string of the molecule is Nc1cccc(C(O)Cc2cc(F)cc(Br)c2)c1. The second-order valence-corrected chi connectivity index (χ2v) is 5.08. The molecule has 0 heterocycles. The first-order valence-corrected chi connectivity index (χ1v) is 6.32. The molecule has 0 fully saturated rings. The Bertz CT molecular complexity index is 539. The third-order valence-electron chi connectivity index (χ3n) is 2.65. The van der Waals surface area contributed by atoms with Crippen LogP contribution in [0.25, 0.3) is 0 Å². The lowest BCUT2D eigenvalue weighted by atomic mass is 10.0. The maximum atomic E-state index is 13.2. The van der Waals surface area contributed by atoms with Gasteiger partial charge in [0.1, 0.15) is 5.82 Å². The normalized spacial score (nSPS) is 12.4. The largest absolute Gasteiger partial charge is 0.399 e. The van der Waals surface area contributed by atoms with Crippen LogP contribution >= 0.6 is 15.9 Å². The van der Waals surface area contributed by atoms with E-state index in [-0.39, 0.29) is 5.82 Å². The molecule has 0 aliphatic rings. The highest BCUT2D eigenvalue weighted by Gasteiger charge is 2.10. The van der Waals surface area contributed by atoms with Gasteiger partial charge in [-0.1, -0.05) is 28.1 Å². The van der Waals surface area contributed by atoms with E-state index >= 15 is 0 Å². The van der Waals surface area contributed by atoms with Crippen LogP contribution in [0.1, 0.15) is 17.2 Å². The summed E-state index contributed by atoms with van der Waals surface area (Å²) in [6.07, 6.45) is -0.345. The molecule has 0 aromatic heterocycles. The van der Waals surface area contributed by atoms with Gasteiger partial charge in [-0.25, -0.2) is 4.39 Å². The average Bonchev–Trinajstić information content (AvgIpc) is 2.27. The Labute approximate surface area is 113 Å². The third-order valence-corrected chi connectivity index (χ3v) is 3.10. The smallest absolute Gasteiger partial charge is 0.124 e. The van der Waals surface area contributed by atoms with Crippen molar-refractivity contribution in [1.82, 2.24) is 0 Å². The van der Waals surface area contributed by atoms with Crippen LogP contribution in [0.2, 0.25) is 0 Å². The van der Waals surface area contributed by atoms with Crippen LogP contribution in [0.3, 0.4) is 0 Å². The maximum Gasteiger partial charge on any atom is 0.124 e. The predicted molar refractivity (Wildman–Crippen MR) is 73.6 cm³/mol. The molecule has 0 spiro atoms. The number of aliphatic hydroxyl groups excluding tert-OH is 1. The van der Waals surface area contributed by atoms with Crippen molar-refractivity contribution in [1.29, 1.82) is 0 Å². The summed E-state index contributed by atoms with van der Waals surface area (Å²) in [5.41, 5.74) is 7.73. The van der Waals surface area contributed by atoms with Crippen molar-refractivity contribution in [3.63, 3.8) is 0 Å². The lowest BCUT2D eigenvalue weighted by Gasteiger charge is -2.12. The highest BCUT2D eigenvalue weighted by Crippen LogP contribution is 2.22. The number of nitrogen functional groups attached to an aromatic ring is 1. The fraction of sp³-hybridized carbons (Fsp3) is 0.143. The second kappa shape index (κ2) is 5.50. The van der Waals surface area contributed by atoms with E-state index in [0.717, 1.165) is 11.1 Å². The number of halogens is 2. The zero-order valence-electron chi connectivity index (χ0n) is 9.61. The van der Waals surface area contributed by atoms with Crippen molar-refractivity contribution in [3.8, 4) is 0 Å². The van der Waals surface area contributed by atoms with E-state index in [0.29, 0.717) is 16.6 Å². The zero-order valence-corrected chi connectivity index (χ0v) is 11.2. The quantitative estimate of drug-likeness (QED) is 0.853. The van der Waals surface area contributed by atoms with E-state index in [2.05, 4.69) is 15.9 Å². The van der Waals surface area contributed by atoms with Crippen molar-refractivity contribution in [2.75, 3.05) is 5.73 Å². The Hall–Kier alpha value is -1.39. The molecule has 0 saturated carbocycles. The van der Waals surface area contributed by atoms with Gasteiger partial charge >= 0.3 is 0 Å². The van der Waals surface area contributed by atoms with Gasteiger partial charge in [-0.2, -0.15) is 0 Å². The maximum absolute atomic E-state index is 13.2. The summed E-state index contributed by atoms with van der Waals surface area (Å²) in [6, 6.07) is 11.7. The Kier molecular flexibility index (Phi) is 3.99. The van der Waals surface area contributed by atoms with Gasteiger partial charge in [-0.15, -0.1) is 0 Å². The fourth-order valence-electron chi connectivity index (χ4n) is 1.84. The molecule has 1 atom stereocenters. The molecule has 2 aromatic carbocycles. The molecule has 2 nitrogen and oxygen atoms in total. The van der Waals surface area contributed by atoms with Gasteiger partial charge in [0.05, 0.1) is 6.10 Å². The van der Waals surface area contributed by atoms with Crippen molar-refractivity contribution < 1.29 is 9.50 Å². The lowest BCUT2D eigenvalue weighted by molar-refractivity contribution is 0.178. The number of hydrogen-bond donors (Lipinski definition) is 2. The Morgan fingerprint density at radius 1 is 1.22 bits per heavy atom. The first-order chi connectivity index (χ1) is 8.54. The van der Waals surface area contributed by atoms with E-state index < -0.39 is 6.10 Å². The average molecular weight is 310 g/mol. The summed E-state index contributed by atoms with van der Waals surface area (Å²) in [6.45, 7) is 0. The van der Waals surface area contributed by atoms with Crippen molar-refractivity contribution in [2.24, 2.45) is 0 Å². The van der Waals surface area contributed by atoms with Crippen LogP contribution in [0.4, 0.5) is 10.1 Å². The Balaban J connectivity index is 2.18. The van der Waals surface area contributed by atoms with Crippen molar-refractivity contribution >= 4 is 21.6 Å². The number of nitrogens with two attached hydrogens (primary N) is 1. The number of hydrogen-bond acceptors (Lipinski definition) is 2. The monoisotopic (exact) mass is 309 g/mol. The molecule has 0 aliphatic heterocycles. The summed E-state index contributed by atoms with van der Waals surface area (Å²) in [5.74, 6) is -0.320. The molecule has 4 heteroatoms. The predicted octanol–water partition coefficient (Wildman–Crippen LogP) is 3.45. The molecule has 18 heavy (non-hydrogen) atoms. The molecule has 0 saturated heterocycles. The highest BCUT2D eigenvalue weighted by molar-refractivity contribution is 9.10. The van der Waals surface area contributed by atoms with Gasteiger partial charge in [0.2, 0.25) is 0 Å². The van der Waals surface area contributed by atoms with E-state index in [1.807, 2.05) is 0 Å². The highest BCUT2D eigenvalue weighted by atomic mass is 79.9. The van der Waals surface area contributed by atoms with Gasteiger partial charge in [-0.05, 0) is 41.5 Å². The van der Waals surface area contributed by atoms with Crippen LogP contribution in [-0.4, -0.2) is 5.11 Å². The molecule has 3 N–H and O–H groups in total. The summed E-state index contributed by atoms with van der Waals surface area (Å²) in [7, 11) is 0. The molecule has 0 bridgehead atoms. The lowest BCUT2D eigenvalue weighted by Crippen LogP contribution is -2.03. The first-order valence-electron chi connectivity index (χ1n) is 5.53. The molecule has 0 radical (unpaired) electrons. The fourth-order valence-corrected chi connectivity index (χ4v) is 2.35. The number of aliphatic hydroxyl groups is 1. The van der Waals surface area contributed by atoms with E-state index in [1.165, 1.54) is 12.1 Å². The number of anilines is 1. The van der Waals surface area contributed by atoms with Crippen LogP contribution in [0.5, 0.6) is 0 Å². The zero-order chi connectivity index (χ0) is 13.1. The molecule has 1 unspecified atom stereocenters. The van der Waals surface area contributed by atoms with Crippen molar-refractivity contribution in [3.05, 3.63) is 63.9 Å². The minimum Gasteiger partial charge on any atom is -0.399 e. The van der Waals surface area contributed by atoms with E-state index in [1.54, 1.807) is 30.3 Å². The second-order valence-electron chi connectivity index (χ2n) is 4.17. The number of benzene rings is 2. The molecule has 94 valence electrons. The van der Waals surface area contributed by atoms with Gasteiger partial charge in [-0.3, -0.25) is 0 Å². The van der Waals surface area contributed by atoms with Crippen LogP contribution < -0.4 is 5.73 Å². The summed E-state index contributed by atoms with van der Waals surface area (Å²) in [4.78, 5) is 0. The minimum absolute atomic E-state index is 0.320. The van der Waals surface area contributed by atoms with E-state index in [4.69, 9.17) is 5.73 Å². The third kappa shape index (κ3) is 3.31. The summed E-state index contributed by atoms with van der Waals surface area (Å²) in [5, 5.41) is 10.1. The summed E-state index contributed by atoms with van der Waals surface area (Å²) >= 11 is 3.23. The van der Waals surface area contributed by atoms with Crippen LogP contribution in [-0.2, 0) is 6.42 Å². The minimum atomic E-state index is -0.692. The van der Waals surface area contributed by atoms with Gasteiger partial charge in [0.25, 0.3) is 0 Å². The topological polar surface area (TPSA) is 46.2 Å². The van der Waals surface area contributed by atoms with Gasteiger partial charge < -0.3 is 10.8 Å². The molecule has 0 aliphatic carbocycles. The Morgan fingerprint density at radius 2 is 2.00 bits per heavy atom. The molecule has 0 amide bonds. The van der Waals surface area contributed by atoms with Crippen molar-refractivity contribution in [2.45, 2.75) is 12.5 Å². The first kappa shape index (κ1) is 13.1. The Morgan fingerprint density at radius 3 is 2.67 bits per heavy atom. The molecular formula is C14H13BrFNO. The standard InChI is InChI=1S/C14H13BrFNO/c15-11-4-9(5-12(16)8-11)6-14(18)10-2-1-3-13(17)7-10/h1-5,7-8,14,18H,6,17H2. The van der Waals surface area contributed by atoms with Crippen LogP contribution in [0.15, 0.2) is 46.9 Å². The molecular weight excluding hydrogens is 297 g/mol. The van der Waals surface area contributed by atoms with Gasteiger partial charge in [0.15, 0.2) is 0 Å². The summed E-state index contributed by atoms with van der Waals surface area (Å²) < 4.78 is 13.9. The van der Waals surface area contributed by atoms with Gasteiger partial charge in [0, 0.05) is 16.6 Å². The molecule has 2 aromatic rings.